The summed E-state index contributed by atoms with van der Waals surface area (Å²) in [6, 6.07) is 33.5. The van der Waals surface area contributed by atoms with Crippen molar-refractivity contribution in [2.24, 2.45) is 7.05 Å². The Morgan fingerprint density at radius 2 is 0.968 bits per heavy atom. The Hall–Kier alpha value is -4.04. The van der Waals surface area contributed by atoms with Gasteiger partial charge in [-0.2, -0.15) is 0 Å². The highest BCUT2D eigenvalue weighted by Gasteiger charge is 2.20. The molecule has 0 fully saturated rings. The number of hydrogen-bond acceptors (Lipinski definition) is 0. The van der Waals surface area contributed by atoms with Gasteiger partial charge in [0.2, 0.25) is 0 Å². The Morgan fingerprint density at radius 1 is 0.419 bits per heavy atom. The van der Waals surface area contributed by atoms with Crippen molar-refractivity contribution in [1.82, 2.24) is 8.97 Å². The van der Waals surface area contributed by atoms with Crippen molar-refractivity contribution >= 4 is 70.7 Å². The molecule has 0 aliphatic carbocycles. The van der Waals surface area contributed by atoms with E-state index < -0.39 is 0 Å². The van der Waals surface area contributed by atoms with Gasteiger partial charge in [-0.3, -0.25) is 0 Å². The maximum atomic E-state index is 2.49. The monoisotopic (exact) mass is 394 g/mol. The van der Waals surface area contributed by atoms with Gasteiger partial charge in [0.05, 0.1) is 16.6 Å². The van der Waals surface area contributed by atoms with Gasteiger partial charge >= 0.3 is 0 Å². The fourth-order valence-electron chi connectivity index (χ4n) is 5.97. The lowest BCUT2D eigenvalue weighted by atomic mass is 10.0. The Labute approximate surface area is 177 Å². The summed E-state index contributed by atoms with van der Waals surface area (Å²) in [5.41, 5.74) is 6.51. The summed E-state index contributed by atoms with van der Waals surface area (Å²) in [4.78, 5) is 0. The van der Waals surface area contributed by atoms with Crippen molar-refractivity contribution < 1.29 is 0 Å². The molecule has 0 spiro atoms. The summed E-state index contributed by atoms with van der Waals surface area (Å²) in [7, 11) is 2.17. The van der Waals surface area contributed by atoms with Crippen LogP contribution in [0.2, 0.25) is 0 Å². The normalized spacial score (nSPS) is 12.7. The van der Waals surface area contributed by atoms with E-state index in [2.05, 4.69) is 107 Å². The molecular formula is C29H18N2. The number of nitrogens with zero attached hydrogens (tertiary/aromatic N) is 2. The van der Waals surface area contributed by atoms with E-state index in [1.54, 1.807) is 0 Å². The van der Waals surface area contributed by atoms with Crippen LogP contribution < -0.4 is 0 Å². The molecule has 0 aliphatic heterocycles. The second-order valence-electron chi connectivity index (χ2n) is 8.65. The predicted octanol–water partition coefficient (Wildman–Crippen LogP) is 7.63. The maximum absolute atomic E-state index is 2.49. The third-order valence-electron chi connectivity index (χ3n) is 7.26. The molecule has 144 valence electrons. The molecule has 0 saturated carbocycles. The summed E-state index contributed by atoms with van der Waals surface area (Å²) in [5.74, 6) is 0. The average Bonchev–Trinajstić information content (AvgIpc) is 3.44. The van der Waals surface area contributed by atoms with Crippen LogP contribution in [-0.2, 0) is 7.05 Å². The minimum atomic E-state index is 1.28. The van der Waals surface area contributed by atoms with Crippen molar-refractivity contribution in [3.8, 4) is 0 Å². The van der Waals surface area contributed by atoms with E-state index in [1.807, 2.05) is 0 Å². The quantitative estimate of drug-likeness (QED) is 0.250. The fourth-order valence-corrected chi connectivity index (χ4v) is 5.97. The van der Waals surface area contributed by atoms with Crippen LogP contribution in [0.25, 0.3) is 70.7 Å². The molecule has 5 aromatic carbocycles. The number of rotatable bonds is 0. The van der Waals surface area contributed by atoms with Crippen LogP contribution >= 0.6 is 0 Å². The topological polar surface area (TPSA) is 9.34 Å². The Kier molecular flexibility index (Phi) is 2.62. The van der Waals surface area contributed by atoms with Crippen molar-refractivity contribution in [2.75, 3.05) is 0 Å². The van der Waals surface area contributed by atoms with Gasteiger partial charge in [-0.25, -0.2) is 0 Å². The molecule has 0 saturated heterocycles. The van der Waals surface area contributed by atoms with Crippen molar-refractivity contribution in [3.63, 3.8) is 0 Å². The molecule has 0 bridgehead atoms. The molecular weight excluding hydrogens is 376 g/mol. The molecule has 8 rings (SSSR count). The number of hydrogen-bond donors (Lipinski definition) is 0. The number of para-hydroxylation sites is 3. The number of fused-ring (bicyclic) bond motifs is 12. The smallest absolute Gasteiger partial charge is 0.0620 e. The molecule has 2 nitrogen and oxygen atoms in total. The minimum absolute atomic E-state index is 1.28. The molecule has 2 heteroatoms. The van der Waals surface area contributed by atoms with Gasteiger partial charge in [-0.15, -0.1) is 0 Å². The van der Waals surface area contributed by atoms with Crippen LogP contribution in [0.5, 0.6) is 0 Å². The van der Waals surface area contributed by atoms with Crippen LogP contribution in [0.4, 0.5) is 0 Å². The van der Waals surface area contributed by atoms with Gasteiger partial charge in [0.1, 0.15) is 0 Å². The van der Waals surface area contributed by atoms with E-state index in [9.17, 15) is 0 Å². The third kappa shape index (κ3) is 1.69. The largest absolute Gasteiger partial charge is 0.344 e. The lowest BCUT2D eigenvalue weighted by Gasteiger charge is -2.06. The van der Waals surface area contributed by atoms with Gasteiger partial charge in [-0.1, -0.05) is 72.8 Å². The standard InChI is InChI=1S/C29H18N2/c1-30-24-11-4-3-8-23(24)27-18-13-14-22-20-10-6-9-19-17-7-2-5-12-25(17)31(28(19)20)29(22)21(18)15-16-26(27)30/h2-16H,1H3. The Bertz CT molecular complexity index is 2000. The molecule has 3 heterocycles. The summed E-state index contributed by atoms with van der Waals surface area (Å²) in [6.45, 7) is 0. The van der Waals surface area contributed by atoms with Crippen LogP contribution in [-0.4, -0.2) is 8.97 Å². The van der Waals surface area contributed by atoms with Gasteiger partial charge in [0, 0.05) is 55.8 Å². The van der Waals surface area contributed by atoms with E-state index >= 15 is 0 Å². The molecule has 0 unspecified atom stereocenters. The highest BCUT2D eigenvalue weighted by molar-refractivity contribution is 6.30. The average molecular weight is 394 g/mol. The third-order valence-corrected chi connectivity index (χ3v) is 7.26. The molecule has 8 aromatic rings. The van der Waals surface area contributed by atoms with Crippen LogP contribution in [0.1, 0.15) is 0 Å². The number of benzene rings is 5. The second-order valence-corrected chi connectivity index (χ2v) is 8.65. The first kappa shape index (κ1) is 15.8. The van der Waals surface area contributed by atoms with Crippen LogP contribution in [0, 0.1) is 0 Å². The molecule has 0 radical (unpaired) electrons. The van der Waals surface area contributed by atoms with E-state index in [-0.39, 0.29) is 0 Å². The van der Waals surface area contributed by atoms with Gasteiger partial charge < -0.3 is 8.97 Å². The van der Waals surface area contributed by atoms with E-state index in [0.717, 1.165) is 0 Å². The first-order valence-corrected chi connectivity index (χ1v) is 10.8. The van der Waals surface area contributed by atoms with Crippen LogP contribution in [0.15, 0.2) is 91.0 Å². The summed E-state index contributed by atoms with van der Waals surface area (Å²) in [6.07, 6.45) is 0. The van der Waals surface area contributed by atoms with Crippen LogP contribution in [0.3, 0.4) is 0 Å². The zero-order valence-electron chi connectivity index (χ0n) is 17.1. The second kappa shape index (κ2) is 5.16. The Balaban J connectivity index is 1.73. The Morgan fingerprint density at radius 3 is 1.81 bits per heavy atom. The molecule has 0 amide bonds. The molecule has 0 aliphatic rings. The molecule has 0 N–H and O–H groups in total. The summed E-state index contributed by atoms with van der Waals surface area (Å²) in [5, 5.41) is 10.6. The maximum Gasteiger partial charge on any atom is 0.0620 e. The van der Waals surface area contributed by atoms with Crippen molar-refractivity contribution in [3.05, 3.63) is 91.0 Å². The summed E-state index contributed by atoms with van der Waals surface area (Å²) < 4.78 is 4.81. The molecule has 3 aromatic heterocycles. The lowest BCUT2D eigenvalue weighted by molar-refractivity contribution is 1.01. The number of aryl methyl sites for hydroxylation is 1. The van der Waals surface area contributed by atoms with Gasteiger partial charge in [0.25, 0.3) is 0 Å². The van der Waals surface area contributed by atoms with Crippen molar-refractivity contribution in [1.29, 1.82) is 0 Å². The SMILES string of the molecule is Cn1c2ccccc2c2c3ccc4c5cccc6c7ccccc7n(c4c3ccc21)c65. The van der Waals surface area contributed by atoms with E-state index in [1.165, 1.54) is 70.7 Å². The summed E-state index contributed by atoms with van der Waals surface area (Å²) >= 11 is 0. The first-order valence-electron chi connectivity index (χ1n) is 10.8. The highest BCUT2D eigenvalue weighted by atomic mass is 14.9. The zero-order chi connectivity index (χ0) is 20.3. The van der Waals surface area contributed by atoms with Gasteiger partial charge in [0.15, 0.2) is 0 Å². The van der Waals surface area contributed by atoms with Crippen molar-refractivity contribution in [2.45, 2.75) is 0 Å². The highest BCUT2D eigenvalue weighted by Crippen LogP contribution is 2.43. The predicted molar refractivity (Wildman–Crippen MR) is 133 cm³/mol. The van der Waals surface area contributed by atoms with E-state index in [4.69, 9.17) is 0 Å². The van der Waals surface area contributed by atoms with Gasteiger partial charge in [-0.05, 0) is 23.6 Å². The number of aromatic nitrogens is 2. The molecule has 0 atom stereocenters. The fraction of sp³-hybridized carbons (Fsp3) is 0.0345. The van der Waals surface area contributed by atoms with E-state index in [0.29, 0.717) is 0 Å². The lowest BCUT2D eigenvalue weighted by Crippen LogP contribution is -1.87. The minimum Gasteiger partial charge on any atom is -0.344 e. The first-order chi connectivity index (χ1) is 15.3. The molecule has 31 heavy (non-hydrogen) atoms. The zero-order valence-corrected chi connectivity index (χ0v) is 17.1.